The highest BCUT2D eigenvalue weighted by Gasteiger charge is 2.16. The standard InChI is InChI=1S/C6H10O6/c1-2-3-4(11-5(7)8)12-6(9)10/h4H,2-3H2,1H3,(H,7,8)(H,9,10). The van der Waals surface area contributed by atoms with Crippen molar-refractivity contribution in [3.05, 3.63) is 0 Å². The van der Waals surface area contributed by atoms with Gasteiger partial charge in [-0.25, -0.2) is 9.59 Å². The molecule has 0 rings (SSSR count). The Morgan fingerprint density at radius 1 is 1.25 bits per heavy atom. The van der Waals surface area contributed by atoms with Crippen LogP contribution >= 0.6 is 0 Å². The molecule has 0 aromatic rings. The Kier molecular flexibility index (Phi) is 4.59. The van der Waals surface area contributed by atoms with Crippen molar-refractivity contribution in [3.63, 3.8) is 0 Å². The SMILES string of the molecule is CCCC(OC(=O)O)OC(=O)O. The minimum atomic E-state index is -1.55. The summed E-state index contributed by atoms with van der Waals surface area (Å²) in [4.78, 5) is 19.9. The van der Waals surface area contributed by atoms with Crippen molar-refractivity contribution in [3.8, 4) is 0 Å². The van der Waals surface area contributed by atoms with E-state index in [0.29, 0.717) is 6.42 Å². The Hall–Kier alpha value is -1.46. The van der Waals surface area contributed by atoms with Crippen molar-refractivity contribution in [2.75, 3.05) is 0 Å². The molecule has 0 aliphatic rings. The molecule has 6 nitrogen and oxygen atoms in total. The van der Waals surface area contributed by atoms with Crippen LogP contribution in [0.1, 0.15) is 19.8 Å². The molecular weight excluding hydrogens is 168 g/mol. The molecule has 0 spiro atoms. The Morgan fingerprint density at radius 3 is 1.92 bits per heavy atom. The van der Waals surface area contributed by atoms with E-state index in [4.69, 9.17) is 10.2 Å². The fourth-order valence-corrected chi connectivity index (χ4v) is 0.603. The molecule has 0 unspecified atom stereocenters. The molecule has 0 saturated carbocycles. The number of ether oxygens (including phenoxy) is 2. The van der Waals surface area contributed by atoms with E-state index >= 15 is 0 Å². The van der Waals surface area contributed by atoms with Gasteiger partial charge in [0, 0.05) is 6.42 Å². The van der Waals surface area contributed by atoms with Crippen LogP contribution in [0.4, 0.5) is 9.59 Å². The third-order valence-electron chi connectivity index (χ3n) is 0.989. The van der Waals surface area contributed by atoms with Gasteiger partial charge < -0.3 is 19.7 Å². The predicted octanol–water partition coefficient (Wildman–Crippen LogP) is 1.50. The summed E-state index contributed by atoms with van der Waals surface area (Å²) in [5, 5.41) is 16.3. The molecule has 70 valence electrons. The Balaban J connectivity index is 3.85. The smallest absolute Gasteiger partial charge is 0.450 e. The molecule has 0 aliphatic carbocycles. The molecular formula is C6H10O6. The van der Waals surface area contributed by atoms with Gasteiger partial charge in [0.05, 0.1) is 0 Å². The number of rotatable bonds is 4. The van der Waals surface area contributed by atoms with E-state index in [1.807, 2.05) is 0 Å². The van der Waals surface area contributed by atoms with Crippen LogP contribution in [-0.4, -0.2) is 28.8 Å². The highest BCUT2D eigenvalue weighted by molar-refractivity contribution is 5.59. The molecule has 2 N–H and O–H groups in total. The normalized spacial score (nSPS) is 9.50. The lowest BCUT2D eigenvalue weighted by atomic mass is 10.3. The first-order chi connectivity index (χ1) is 5.56. The first kappa shape index (κ1) is 10.5. The Morgan fingerprint density at radius 2 is 1.67 bits per heavy atom. The molecule has 0 amide bonds. The number of hydrogen-bond donors (Lipinski definition) is 2. The summed E-state index contributed by atoms with van der Waals surface area (Å²) in [6.07, 6.45) is -3.52. The molecule has 0 heterocycles. The first-order valence-electron chi connectivity index (χ1n) is 3.35. The van der Waals surface area contributed by atoms with E-state index in [-0.39, 0.29) is 6.42 Å². The van der Waals surface area contributed by atoms with Crippen molar-refractivity contribution >= 4 is 12.3 Å². The molecule has 12 heavy (non-hydrogen) atoms. The highest BCUT2D eigenvalue weighted by atomic mass is 16.8. The van der Waals surface area contributed by atoms with Crippen LogP contribution in [0.15, 0.2) is 0 Å². The lowest BCUT2D eigenvalue weighted by Gasteiger charge is -2.12. The molecule has 0 atom stereocenters. The topological polar surface area (TPSA) is 93.1 Å². The van der Waals surface area contributed by atoms with Crippen LogP contribution in [0.2, 0.25) is 0 Å². The second-order valence-corrected chi connectivity index (χ2v) is 1.99. The first-order valence-corrected chi connectivity index (χ1v) is 3.35. The maximum absolute atomic E-state index is 9.97. The summed E-state index contributed by atoms with van der Waals surface area (Å²) < 4.78 is 8.23. The maximum Gasteiger partial charge on any atom is 0.508 e. The number of hydrogen-bond acceptors (Lipinski definition) is 4. The molecule has 0 radical (unpaired) electrons. The van der Waals surface area contributed by atoms with Gasteiger partial charge in [0.1, 0.15) is 0 Å². The van der Waals surface area contributed by atoms with Crippen LogP contribution < -0.4 is 0 Å². The van der Waals surface area contributed by atoms with Gasteiger partial charge in [-0.15, -0.1) is 0 Å². The third kappa shape index (κ3) is 5.33. The van der Waals surface area contributed by atoms with Crippen molar-refractivity contribution < 1.29 is 29.3 Å². The van der Waals surface area contributed by atoms with Gasteiger partial charge >= 0.3 is 12.3 Å². The van der Waals surface area contributed by atoms with Gasteiger partial charge in [-0.1, -0.05) is 6.92 Å². The fourth-order valence-electron chi connectivity index (χ4n) is 0.603. The van der Waals surface area contributed by atoms with Crippen LogP contribution in [0, 0.1) is 0 Å². The van der Waals surface area contributed by atoms with E-state index in [1.165, 1.54) is 0 Å². The van der Waals surface area contributed by atoms with Gasteiger partial charge in [0.25, 0.3) is 6.29 Å². The maximum atomic E-state index is 9.97. The minimum absolute atomic E-state index is 0.221. The van der Waals surface area contributed by atoms with E-state index in [2.05, 4.69) is 9.47 Å². The summed E-state index contributed by atoms with van der Waals surface area (Å²) >= 11 is 0. The van der Waals surface area contributed by atoms with Crippen molar-refractivity contribution in [1.82, 2.24) is 0 Å². The van der Waals surface area contributed by atoms with E-state index in [0.717, 1.165) is 0 Å². The summed E-state index contributed by atoms with van der Waals surface area (Å²) in [6, 6.07) is 0. The second-order valence-electron chi connectivity index (χ2n) is 1.99. The predicted molar refractivity (Wildman–Crippen MR) is 36.9 cm³/mol. The zero-order chi connectivity index (χ0) is 9.56. The van der Waals surface area contributed by atoms with Gasteiger partial charge in [0.15, 0.2) is 0 Å². The molecule has 0 fully saturated rings. The summed E-state index contributed by atoms with van der Waals surface area (Å²) in [5.41, 5.74) is 0. The van der Waals surface area contributed by atoms with Crippen LogP contribution in [0.5, 0.6) is 0 Å². The molecule has 0 aliphatic heterocycles. The summed E-state index contributed by atoms with van der Waals surface area (Å²) in [7, 11) is 0. The van der Waals surface area contributed by atoms with Gasteiger partial charge in [-0.3, -0.25) is 0 Å². The number of carbonyl (C=O) groups is 2. The van der Waals surface area contributed by atoms with Gasteiger partial charge in [0.2, 0.25) is 0 Å². The minimum Gasteiger partial charge on any atom is -0.450 e. The van der Waals surface area contributed by atoms with Crippen LogP contribution in [-0.2, 0) is 9.47 Å². The van der Waals surface area contributed by atoms with Gasteiger partial charge in [-0.05, 0) is 6.42 Å². The lowest BCUT2D eigenvalue weighted by molar-refractivity contribution is -0.0942. The van der Waals surface area contributed by atoms with Crippen LogP contribution in [0.3, 0.4) is 0 Å². The molecule has 0 aromatic heterocycles. The second kappa shape index (κ2) is 5.22. The van der Waals surface area contributed by atoms with E-state index in [9.17, 15) is 9.59 Å². The number of carboxylic acid groups (broad SMARTS) is 2. The molecule has 6 heteroatoms. The Labute approximate surface area is 68.7 Å². The van der Waals surface area contributed by atoms with Gasteiger partial charge in [-0.2, -0.15) is 0 Å². The van der Waals surface area contributed by atoms with Crippen molar-refractivity contribution in [2.24, 2.45) is 0 Å². The van der Waals surface area contributed by atoms with Crippen molar-refractivity contribution in [2.45, 2.75) is 26.1 Å². The highest BCUT2D eigenvalue weighted by Crippen LogP contribution is 2.04. The zero-order valence-corrected chi connectivity index (χ0v) is 6.52. The van der Waals surface area contributed by atoms with E-state index < -0.39 is 18.6 Å². The zero-order valence-electron chi connectivity index (χ0n) is 6.52. The van der Waals surface area contributed by atoms with Crippen LogP contribution in [0.25, 0.3) is 0 Å². The summed E-state index contributed by atoms with van der Waals surface area (Å²) in [5.74, 6) is 0. The Bertz CT molecular complexity index is 149. The lowest BCUT2D eigenvalue weighted by Crippen LogP contribution is -2.22. The monoisotopic (exact) mass is 178 g/mol. The average Bonchev–Trinajstić information content (AvgIpc) is 1.84. The molecule has 0 bridgehead atoms. The third-order valence-corrected chi connectivity index (χ3v) is 0.989. The molecule has 0 saturated heterocycles. The quantitative estimate of drug-likeness (QED) is 0.500. The summed E-state index contributed by atoms with van der Waals surface area (Å²) in [6.45, 7) is 1.75. The average molecular weight is 178 g/mol. The van der Waals surface area contributed by atoms with E-state index in [1.54, 1.807) is 6.92 Å². The van der Waals surface area contributed by atoms with Crippen molar-refractivity contribution in [1.29, 1.82) is 0 Å². The molecule has 0 aromatic carbocycles. The largest absolute Gasteiger partial charge is 0.508 e. The fraction of sp³-hybridized carbons (Fsp3) is 0.667.